The molecule has 0 aliphatic heterocycles. The largest absolute Gasteiger partial charge is 0.350 e. The van der Waals surface area contributed by atoms with Crippen molar-refractivity contribution in [2.24, 2.45) is 13.0 Å². The van der Waals surface area contributed by atoms with E-state index in [1.807, 2.05) is 24.7 Å². The van der Waals surface area contributed by atoms with Crippen LogP contribution < -0.4 is 5.32 Å². The van der Waals surface area contributed by atoms with E-state index in [0.29, 0.717) is 6.54 Å². The number of aryl methyl sites for hydroxylation is 1. The van der Waals surface area contributed by atoms with Gasteiger partial charge < -0.3 is 9.88 Å². The van der Waals surface area contributed by atoms with Gasteiger partial charge in [-0.05, 0) is 19.8 Å². The number of hydrogen-bond acceptors (Lipinski definition) is 2. The summed E-state index contributed by atoms with van der Waals surface area (Å²) in [6, 6.07) is 0. The summed E-state index contributed by atoms with van der Waals surface area (Å²) in [6.45, 7) is 2.54. The molecule has 4 nitrogen and oxygen atoms in total. The number of imidazole rings is 1. The molecule has 0 radical (unpaired) electrons. The lowest BCUT2D eigenvalue weighted by Gasteiger charge is -2.05. The molecule has 0 atom stereocenters. The fraction of sp³-hybridized carbons (Fsp3) is 0.600. The molecule has 2 rings (SSSR count). The molecule has 0 aromatic carbocycles. The van der Waals surface area contributed by atoms with Crippen molar-refractivity contribution in [2.75, 3.05) is 0 Å². The number of hydrogen-bond donors (Lipinski definition) is 1. The predicted molar refractivity (Wildman–Crippen MR) is 52.5 cm³/mol. The molecule has 1 amide bonds. The molecule has 1 aromatic rings. The van der Waals surface area contributed by atoms with Crippen LogP contribution in [0.3, 0.4) is 0 Å². The maximum absolute atomic E-state index is 11.4. The monoisotopic (exact) mass is 193 g/mol. The molecule has 0 bridgehead atoms. The molecule has 1 saturated carbocycles. The smallest absolute Gasteiger partial charge is 0.223 e. The van der Waals surface area contributed by atoms with E-state index in [1.165, 1.54) is 0 Å². The Kier molecular flexibility index (Phi) is 2.27. The van der Waals surface area contributed by atoms with Crippen molar-refractivity contribution in [3.63, 3.8) is 0 Å². The highest BCUT2D eigenvalue weighted by Gasteiger charge is 2.29. The van der Waals surface area contributed by atoms with E-state index in [-0.39, 0.29) is 11.8 Å². The molecular formula is C10H15N3O. The molecule has 1 aliphatic carbocycles. The maximum Gasteiger partial charge on any atom is 0.223 e. The Bertz CT molecular complexity index is 352. The third-order valence-electron chi connectivity index (χ3n) is 2.71. The van der Waals surface area contributed by atoms with Crippen LogP contribution in [0.1, 0.15) is 24.4 Å². The second-order valence-corrected chi connectivity index (χ2v) is 3.85. The van der Waals surface area contributed by atoms with Crippen LogP contribution >= 0.6 is 0 Å². The molecule has 1 N–H and O–H groups in total. The average molecular weight is 193 g/mol. The van der Waals surface area contributed by atoms with E-state index in [2.05, 4.69) is 10.3 Å². The average Bonchev–Trinajstić information content (AvgIpc) is 2.95. The minimum atomic E-state index is 0.184. The standard InChI is InChI=1S/C10H15N3O/c1-7-11-5-9(13(7)2)6-12-10(14)8-3-4-8/h5,8H,3-4,6H2,1-2H3,(H,12,14). The summed E-state index contributed by atoms with van der Waals surface area (Å²) in [6.07, 6.45) is 3.91. The summed E-state index contributed by atoms with van der Waals surface area (Å²) >= 11 is 0. The molecule has 1 heterocycles. The van der Waals surface area contributed by atoms with Gasteiger partial charge in [-0.1, -0.05) is 0 Å². The van der Waals surface area contributed by atoms with Crippen molar-refractivity contribution in [3.05, 3.63) is 17.7 Å². The SMILES string of the molecule is Cc1ncc(CNC(=O)C2CC2)n1C. The van der Waals surface area contributed by atoms with Crippen LogP contribution in [0.5, 0.6) is 0 Å². The molecule has 0 saturated heterocycles. The molecule has 1 aromatic heterocycles. The summed E-state index contributed by atoms with van der Waals surface area (Å²) in [7, 11) is 1.96. The summed E-state index contributed by atoms with van der Waals surface area (Å²) in [5, 5.41) is 2.92. The highest BCUT2D eigenvalue weighted by Crippen LogP contribution is 2.28. The molecule has 1 aliphatic rings. The lowest BCUT2D eigenvalue weighted by Crippen LogP contribution is -2.25. The fourth-order valence-electron chi connectivity index (χ4n) is 1.38. The van der Waals surface area contributed by atoms with E-state index in [0.717, 1.165) is 24.4 Å². The van der Waals surface area contributed by atoms with Gasteiger partial charge in [-0.15, -0.1) is 0 Å². The van der Waals surface area contributed by atoms with Crippen LogP contribution in [0.25, 0.3) is 0 Å². The van der Waals surface area contributed by atoms with Crippen molar-refractivity contribution >= 4 is 5.91 Å². The topological polar surface area (TPSA) is 46.9 Å². The molecule has 0 unspecified atom stereocenters. The third-order valence-corrected chi connectivity index (χ3v) is 2.71. The number of carbonyl (C=O) groups is 1. The fourth-order valence-corrected chi connectivity index (χ4v) is 1.38. The lowest BCUT2D eigenvalue weighted by molar-refractivity contribution is -0.122. The Morgan fingerprint density at radius 2 is 2.43 bits per heavy atom. The summed E-state index contributed by atoms with van der Waals surface area (Å²) in [4.78, 5) is 15.5. The van der Waals surface area contributed by atoms with Gasteiger partial charge in [0, 0.05) is 13.0 Å². The van der Waals surface area contributed by atoms with Gasteiger partial charge in [0.2, 0.25) is 5.91 Å². The second-order valence-electron chi connectivity index (χ2n) is 3.85. The minimum absolute atomic E-state index is 0.184. The Hall–Kier alpha value is -1.32. The van der Waals surface area contributed by atoms with E-state index < -0.39 is 0 Å². The molecule has 0 spiro atoms. The summed E-state index contributed by atoms with van der Waals surface area (Å²) in [5.74, 6) is 1.44. The normalized spacial score (nSPS) is 15.6. The number of rotatable bonds is 3. The highest BCUT2D eigenvalue weighted by atomic mass is 16.2. The van der Waals surface area contributed by atoms with Gasteiger partial charge in [0.15, 0.2) is 0 Å². The van der Waals surface area contributed by atoms with Gasteiger partial charge in [-0.3, -0.25) is 4.79 Å². The summed E-state index contributed by atoms with van der Waals surface area (Å²) in [5.41, 5.74) is 1.05. The van der Waals surface area contributed by atoms with E-state index in [4.69, 9.17) is 0 Å². The van der Waals surface area contributed by atoms with E-state index in [1.54, 1.807) is 0 Å². The van der Waals surface area contributed by atoms with E-state index in [9.17, 15) is 4.79 Å². The van der Waals surface area contributed by atoms with Crippen LogP contribution in [0.2, 0.25) is 0 Å². The maximum atomic E-state index is 11.4. The zero-order chi connectivity index (χ0) is 10.1. The van der Waals surface area contributed by atoms with Crippen molar-refractivity contribution in [2.45, 2.75) is 26.3 Å². The number of carbonyl (C=O) groups excluding carboxylic acids is 1. The van der Waals surface area contributed by atoms with Crippen molar-refractivity contribution < 1.29 is 4.79 Å². The van der Waals surface area contributed by atoms with Gasteiger partial charge in [0.25, 0.3) is 0 Å². The molecule has 14 heavy (non-hydrogen) atoms. The Morgan fingerprint density at radius 3 is 2.93 bits per heavy atom. The van der Waals surface area contributed by atoms with Crippen LogP contribution in [-0.4, -0.2) is 15.5 Å². The number of aromatic nitrogens is 2. The number of nitrogens with zero attached hydrogens (tertiary/aromatic N) is 2. The first-order valence-electron chi connectivity index (χ1n) is 4.93. The number of nitrogens with one attached hydrogen (secondary N) is 1. The van der Waals surface area contributed by atoms with Gasteiger partial charge in [-0.25, -0.2) is 4.98 Å². The predicted octanol–water partition coefficient (Wildman–Crippen LogP) is 0.755. The van der Waals surface area contributed by atoms with Gasteiger partial charge in [0.05, 0.1) is 18.4 Å². The molecule has 4 heteroatoms. The summed E-state index contributed by atoms with van der Waals surface area (Å²) < 4.78 is 1.99. The first kappa shape index (κ1) is 9.24. The minimum Gasteiger partial charge on any atom is -0.350 e. The molecule has 1 fully saturated rings. The molecular weight excluding hydrogens is 178 g/mol. The first-order valence-corrected chi connectivity index (χ1v) is 4.93. The molecule has 76 valence electrons. The van der Waals surface area contributed by atoms with Crippen LogP contribution in [0.4, 0.5) is 0 Å². The first-order chi connectivity index (χ1) is 6.68. The van der Waals surface area contributed by atoms with Crippen molar-refractivity contribution in [3.8, 4) is 0 Å². The third kappa shape index (κ3) is 1.78. The Labute approximate surface area is 83.3 Å². The Balaban J connectivity index is 1.90. The van der Waals surface area contributed by atoms with Gasteiger partial charge in [-0.2, -0.15) is 0 Å². The zero-order valence-electron chi connectivity index (χ0n) is 8.58. The highest BCUT2D eigenvalue weighted by molar-refractivity contribution is 5.80. The van der Waals surface area contributed by atoms with Gasteiger partial charge in [0.1, 0.15) is 5.82 Å². The van der Waals surface area contributed by atoms with Crippen LogP contribution in [0.15, 0.2) is 6.20 Å². The van der Waals surface area contributed by atoms with Crippen molar-refractivity contribution in [1.29, 1.82) is 0 Å². The van der Waals surface area contributed by atoms with E-state index >= 15 is 0 Å². The second kappa shape index (κ2) is 3.44. The lowest BCUT2D eigenvalue weighted by atomic mass is 10.3. The van der Waals surface area contributed by atoms with Crippen LogP contribution in [0, 0.1) is 12.8 Å². The quantitative estimate of drug-likeness (QED) is 0.770. The van der Waals surface area contributed by atoms with Crippen LogP contribution in [-0.2, 0) is 18.4 Å². The Morgan fingerprint density at radius 1 is 1.71 bits per heavy atom. The zero-order valence-corrected chi connectivity index (χ0v) is 8.58. The van der Waals surface area contributed by atoms with Crippen molar-refractivity contribution in [1.82, 2.24) is 14.9 Å². The van der Waals surface area contributed by atoms with Gasteiger partial charge >= 0.3 is 0 Å². The number of amides is 1.